The lowest BCUT2D eigenvalue weighted by Gasteiger charge is -2.14. The standard InChI is InChI=1S/C13H19NO/c1-4-11-7-5-6-10(2)13(11)14-8-12(14)9-15-3/h5-7,12H,4,8-9H2,1-3H3/t12-,14?/m0/s1. The molecular formula is C13H19NO. The topological polar surface area (TPSA) is 12.2 Å². The van der Waals surface area contributed by atoms with Crippen molar-refractivity contribution in [2.24, 2.45) is 0 Å². The number of nitrogens with zero attached hydrogens (tertiary/aromatic N) is 1. The van der Waals surface area contributed by atoms with Gasteiger partial charge in [0.05, 0.1) is 12.6 Å². The molecule has 0 spiro atoms. The van der Waals surface area contributed by atoms with Crippen molar-refractivity contribution in [3.63, 3.8) is 0 Å². The van der Waals surface area contributed by atoms with Gasteiger partial charge < -0.3 is 9.64 Å². The van der Waals surface area contributed by atoms with Gasteiger partial charge in [0.2, 0.25) is 0 Å². The van der Waals surface area contributed by atoms with Crippen molar-refractivity contribution >= 4 is 5.69 Å². The summed E-state index contributed by atoms with van der Waals surface area (Å²) in [6.07, 6.45) is 1.10. The van der Waals surface area contributed by atoms with E-state index >= 15 is 0 Å². The van der Waals surface area contributed by atoms with Crippen LogP contribution in [0.5, 0.6) is 0 Å². The first-order valence-electron chi connectivity index (χ1n) is 5.62. The predicted molar refractivity (Wildman–Crippen MR) is 63.6 cm³/mol. The number of methoxy groups -OCH3 is 1. The second-order valence-electron chi connectivity index (χ2n) is 4.20. The molecule has 1 aliphatic heterocycles. The lowest BCUT2D eigenvalue weighted by molar-refractivity contribution is 0.202. The highest BCUT2D eigenvalue weighted by Crippen LogP contribution is 2.34. The molecule has 1 fully saturated rings. The van der Waals surface area contributed by atoms with Gasteiger partial charge in [-0.1, -0.05) is 25.1 Å². The van der Waals surface area contributed by atoms with Crippen LogP contribution in [0.2, 0.25) is 0 Å². The van der Waals surface area contributed by atoms with E-state index in [1.54, 1.807) is 7.11 Å². The van der Waals surface area contributed by atoms with E-state index in [1.807, 2.05) is 0 Å². The number of benzene rings is 1. The van der Waals surface area contributed by atoms with Gasteiger partial charge in [0.1, 0.15) is 0 Å². The first-order valence-corrected chi connectivity index (χ1v) is 5.62. The number of aryl methyl sites for hydroxylation is 2. The summed E-state index contributed by atoms with van der Waals surface area (Å²) in [5, 5.41) is 0. The van der Waals surface area contributed by atoms with Gasteiger partial charge >= 0.3 is 0 Å². The van der Waals surface area contributed by atoms with Crippen LogP contribution < -0.4 is 4.90 Å². The Labute approximate surface area is 91.9 Å². The molecule has 0 aliphatic carbocycles. The van der Waals surface area contributed by atoms with Crippen molar-refractivity contribution in [1.82, 2.24) is 0 Å². The number of anilines is 1. The molecule has 0 unspecified atom stereocenters. The molecule has 2 heteroatoms. The normalized spacial score (nSPS) is 19.4. The SMILES string of the molecule is CCc1cccc(C)c1N1C[C@H]1COC. The van der Waals surface area contributed by atoms with Crippen LogP contribution in [0.25, 0.3) is 0 Å². The van der Waals surface area contributed by atoms with Crippen LogP contribution in [0.3, 0.4) is 0 Å². The van der Waals surface area contributed by atoms with Crippen LogP contribution in [0, 0.1) is 6.92 Å². The summed E-state index contributed by atoms with van der Waals surface area (Å²) in [6.45, 7) is 6.40. The van der Waals surface area contributed by atoms with E-state index in [1.165, 1.54) is 16.8 Å². The number of hydrogen-bond acceptors (Lipinski definition) is 2. The maximum Gasteiger partial charge on any atom is 0.0699 e. The molecule has 2 nitrogen and oxygen atoms in total. The summed E-state index contributed by atoms with van der Waals surface area (Å²) in [5.74, 6) is 0. The van der Waals surface area contributed by atoms with Crippen LogP contribution >= 0.6 is 0 Å². The first-order chi connectivity index (χ1) is 7.27. The van der Waals surface area contributed by atoms with Crippen molar-refractivity contribution < 1.29 is 4.74 Å². The average molecular weight is 205 g/mol. The first kappa shape index (κ1) is 10.5. The smallest absolute Gasteiger partial charge is 0.0699 e. The highest BCUT2D eigenvalue weighted by Gasteiger charge is 2.35. The number of ether oxygens (including phenoxy) is 1. The molecule has 0 bridgehead atoms. The lowest BCUT2D eigenvalue weighted by atomic mass is 10.1. The van der Waals surface area contributed by atoms with Crippen molar-refractivity contribution in [2.45, 2.75) is 26.3 Å². The van der Waals surface area contributed by atoms with Crippen molar-refractivity contribution in [1.29, 1.82) is 0 Å². The van der Waals surface area contributed by atoms with Crippen LogP contribution in [-0.2, 0) is 11.2 Å². The fraction of sp³-hybridized carbons (Fsp3) is 0.538. The van der Waals surface area contributed by atoms with E-state index in [0.717, 1.165) is 19.6 Å². The Balaban J connectivity index is 2.21. The van der Waals surface area contributed by atoms with Crippen LogP contribution in [-0.4, -0.2) is 26.3 Å². The second-order valence-corrected chi connectivity index (χ2v) is 4.20. The van der Waals surface area contributed by atoms with Gasteiger partial charge in [-0.3, -0.25) is 0 Å². The van der Waals surface area contributed by atoms with Crippen molar-refractivity contribution in [3.8, 4) is 0 Å². The maximum absolute atomic E-state index is 5.19. The largest absolute Gasteiger partial charge is 0.382 e. The Bertz CT molecular complexity index is 348. The monoisotopic (exact) mass is 205 g/mol. The molecule has 0 radical (unpaired) electrons. The number of rotatable bonds is 4. The fourth-order valence-corrected chi connectivity index (χ4v) is 2.20. The summed E-state index contributed by atoms with van der Waals surface area (Å²) in [6, 6.07) is 7.16. The summed E-state index contributed by atoms with van der Waals surface area (Å²) in [5.41, 5.74) is 4.27. The van der Waals surface area contributed by atoms with E-state index in [0.29, 0.717) is 6.04 Å². The maximum atomic E-state index is 5.19. The van der Waals surface area contributed by atoms with Crippen LogP contribution in [0.1, 0.15) is 18.1 Å². The fourth-order valence-electron chi connectivity index (χ4n) is 2.20. The zero-order chi connectivity index (χ0) is 10.8. The predicted octanol–water partition coefficient (Wildman–Crippen LogP) is 2.39. The Hall–Kier alpha value is -1.02. The van der Waals surface area contributed by atoms with E-state index in [2.05, 4.69) is 36.9 Å². The molecule has 1 atom stereocenters. The Morgan fingerprint density at radius 1 is 1.47 bits per heavy atom. The van der Waals surface area contributed by atoms with Gasteiger partial charge in [0, 0.05) is 19.3 Å². The zero-order valence-electron chi connectivity index (χ0n) is 9.79. The van der Waals surface area contributed by atoms with Gasteiger partial charge in [0.25, 0.3) is 0 Å². The minimum atomic E-state index is 0.599. The number of hydrogen-bond donors (Lipinski definition) is 0. The molecule has 15 heavy (non-hydrogen) atoms. The number of para-hydroxylation sites is 1. The molecule has 0 amide bonds. The van der Waals surface area contributed by atoms with E-state index in [-0.39, 0.29) is 0 Å². The highest BCUT2D eigenvalue weighted by molar-refractivity contribution is 5.64. The third-order valence-electron chi connectivity index (χ3n) is 3.06. The molecule has 2 rings (SSSR count). The molecule has 0 aromatic heterocycles. The minimum absolute atomic E-state index is 0.599. The third kappa shape index (κ3) is 2.00. The molecule has 1 aliphatic rings. The van der Waals surface area contributed by atoms with Gasteiger partial charge in [-0.25, -0.2) is 0 Å². The zero-order valence-corrected chi connectivity index (χ0v) is 9.79. The Morgan fingerprint density at radius 3 is 2.93 bits per heavy atom. The molecule has 1 saturated heterocycles. The molecule has 1 aromatic rings. The summed E-state index contributed by atoms with van der Waals surface area (Å²) in [7, 11) is 1.77. The third-order valence-corrected chi connectivity index (χ3v) is 3.06. The van der Waals surface area contributed by atoms with Crippen LogP contribution in [0.15, 0.2) is 18.2 Å². The van der Waals surface area contributed by atoms with Gasteiger partial charge in [-0.05, 0) is 24.5 Å². The van der Waals surface area contributed by atoms with E-state index in [4.69, 9.17) is 4.74 Å². The molecule has 0 N–H and O–H groups in total. The summed E-state index contributed by atoms with van der Waals surface area (Å²) in [4.78, 5) is 2.44. The summed E-state index contributed by atoms with van der Waals surface area (Å²) >= 11 is 0. The molecular weight excluding hydrogens is 186 g/mol. The quantitative estimate of drug-likeness (QED) is 0.700. The van der Waals surface area contributed by atoms with Gasteiger partial charge in [-0.2, -0.15) is 0 Å². The Morgan fingerprint density at radius 2 is 2.27 bits per heavy atom. The van der Waals surface area contributed by atoms with Gasteiger partial charge in [-0.15, -0.1) is 0 Å². The Kier molecular flexibility index (Phi) is 2.96. The molecule has 1 aromatic carbocycles. The molecule has 1 heterocycles. The molecule has 82 valence electrons. The molecule has 0 saturated carbocycles. The second kappa shape index (κ2) is 4.23. The van der Waals surface area contributed by atoms with E-state index < -0.39 is 0 Å². The summed E-state index contributed by atoms with van der Waals surface area (Å²) < 4.78 is 5.19. The highest BCUT2D eigenvalue weighted by atomic mass is 16.5. The van der Waals surface area contributed by atoms with E-state index in [9.17, 15) is 0 Å². The average Bonchev–Trinajstić information content (AvgIpc) is 2.97. The van der Waals surface area contributed by atoms with Crippen LogP contribution in [0.4, 0.5) is 5.69 Å². The minimum Gasteiger partial charge on any atom is -0.382 e. The lowest BCUT2D eigenvalue weighted by Crippen LogP contribution is -2.08. The van der Waals surface area contributed by atoms with Crippen molar-refractivity contribution in [3.05, 3.63) is 29.3 Å². The van der Waals surface area contributed by atoms with Crippen molar-refractivity contribution in [2.75, 3.05) is 25.2 Å². The van der Waals surface area contributed by atoms with Gasteiger partial charge in [0.15, 0.2) is 0 Å².